The van der Waals surface area contributed by atoms with E-state index in [1.165, 1.54) is 12.1 Å². The van der Waals surface area contributed by atoms with Gasteiger partial charge >= 0.3 is 18.4 Å². The van der Waals surface area contributed by atoms with Crippen molar-refractivity contribution in [3.05, 3.63) is 40.2 Å². The fourth-order valence-electron chi connectivity index (χ4n) is 3.01. The van der Waals surface area contributed by atoms with Crippen molar-refractivity contribution in [2.24, 2.45) is 4.99 Å². The van der Waals surface area contributed by atoms with Crippen LogP contribution in [0.5, 0.6) is 0 Å². The van der Waals surface area contributed by atoms with Crippen molar-refractivity contribution in [2.75, 3.05) is 29.5 Å². The van der Waals surface area contributed by atoms with Gasteiger partial charge in [-0.05, 0) is 30.7 Å². The van der Waals surface area contributed by atoms with Crippen molar-refractivity contribution < 1.29 is 29.0 Å². The van der Waals surface area contributed by atoms with Crippen LogP contribution >= 0.6 is 0 Å². The second-order valence-corrected chi connectivity index (χ2v) is 7.10. The standard InChI is InChI=1S/C20H21N7O7/c21-20-26-16-15(18(31)27-20)24-12(8-23-16)7-22-11-3-1-10(2-4-11)17(30)25-13(19(32)33)5-6-14(29)34-9-28/h1-4,9,13,22H,5-8H2,(H,25,30)(H,32,33)(H4,21,23,26,27,31). The minimum atomic E-state index is -1.34. The summed E-state index contributed by atoms with van der Waals surface area (Å²) in [6, 6.07) is 4.88. The lowest BCUT2D eigenvalue weighted by Gasteiger charge is -2.17. The smallest absolute Gasteiger partial charge is 0.326 e. The number of hydrogen-bond donors (Lipinski definition) is 6. The molecule has 1 unspecified atom stereocenters. The molecular formula is C20H21N7O7. The number of carboxylic acids is 1. The molecule has 0 saturated carbocycles. The zero-order valence-corrected chi connectivity index (χ0v) is 17.7. The first-order valence-corrected chi connectivity index (χ1v) is 9.97. The number of carboxylic acid groups (broad SMARTS) is 1. The van der Waals surface area contributed by atoms with Crippen LogP contribution in [0.2, 0.25) is 0 Å². The summed E-state index contributed by atoms with van der Waals surface area (Å²) in [7, 11) is 0. The normalized spacial score (nSPS) is 12.9. The largest absolute Gasteiger partial charge is 0.480 e. The Morgan fingerprint density at radius 3 is 2.68 bits per heavy atom. The molecule has 0 fully saturated rings. The third kappa shape index (κ3) is 6.15. The van der Waals surface area contributed by atoms with Crippen molar-refractivity contribution in [2.45, 2.75) is 18.9 Å². The predicted octanol–water partition coefficient (Wildman–Crippen LogP) is -0.375. The Kier molecular flexibility index (Phi) is 7.53. The molecule has 14 heteroatoms. The van der Waals surface area contributed by atoms with Crippen LogP contribution in [-0.4, -0.2) is 64.2 Å². The molecule has 1 aromatic carbocycles. The van der Waals surface area contributed by atoms with Crippen LogP contribution in [-0.2, 0) is 19.1 Å². The number of amides is 1. The molecule has 0 saturated heterocycles. The first-order valence-electron chi connectivity index (χ1n) is 9.97. The minimum absolute atomic E-state index is 0.00719. The SMILES string of the molecule is Nc1nc2c(c(=O)[nH]1)N=C(CNc1ccc(C(=O)NC(CCC(=O)OC=O)C(=O)O)cc1)CN2. The van der Waals surface area contributed by atoms with Crippen molar-refractivity contribution >= 4 is 53.2 Å². The molecule has 3 rings (SSSR count). The lowest BCUT2D eigenvalue weighted by atomic mass is 10.1. The summed E-state index contributed by atoms with van der Waals surface area (Å²) in [6.07, 6.45) is -0.588. The van der Waals surface area contributed by atoms with Gasteiger partial charge in [0.05, 0.1) is 18.8 Å². The Morgan fingerprint density at radius 2 is 2.00 bits per heavy atom. The van der Waals surface area contributed by atoms with Crippen LogP contribution in [0.4, 0.5) is 23.1 Å². The van der Waals surface area contributed by atoms with Crippen LogP contribution in [0.1, 0.15) is 23.2 Å². The summed E-state index contributed by atoms with van der Waals surface area (Å²) < 4.78 is 4.10. The van der Waals surface area contributed by atoms with Crippen LogP contribution in [0.25, 0.3) is 0 Å². The number of aromatic nitrogens is 2. The number of H-pyrrole nitrogens is 1. The van der Waals surface area contributed by atoms with E-state index in [-0.39, 0.29) is 36.5 Å². The van der Waals surface area contributed by atoms with Gasteiger partial charge in [0.1, 0.15) is 6.04 Å². The molecule has 0 aliphatic carbocycles. The Morgan fingerprint density at radius 1 is 1.26 bits per heavy atom. The zero-order valence-electron chi connectivity index (χ0n) is 17.7. The molecule has 1 aromatic heterocycles. The van der Waals surface area contributed by atoms with Gasteiger partial charge in [0.15, 0.2) is 11.5 Å². The number of nitrogens with one attached hydrogen (secondary N) is 4. The summed E-state index contributed by atoms with van der Waals surface area (Å²) in [5.74, 6) is -2.57. The number of nitrogens with two attached hydrogens (primary N) is 1. The number of esters is 1. The third-order valence-electron chi connectivity index (χ3n) is 4.71. The number of nitrogens with zero attached hydrogens (tertiary/aromatic N) is 2. The molecule has 14 nitrogen and oxygen atoms in total. The van der Waals surface area contributed by atoms with E-state index in [9.17, 15) is 29.1 Å². The minimum Gasteiger partial charge on any atom is -0.480 e. The number of ether oxygens (including phenoxy) is 1. The van der Waals surface area contributed by atoms with E-state index >= 15 is 0 Å². The molecule has 178 valence electrons. The van der Waals surface area contributed by atoms with E-state index in [1.807, 2.05) is 0 Å². The van der Waals surface area contributed by atoms with Gasteiger partial charge in [-0.15, -0.1) is 0 Å². The number of fused-ring (bicyclic) bond motifs is 1. The number of rotatable bonds is 10. The average Bonchev–Trinajstić information content (AvgIpc) is 2.80. The summed E-state index contributed by atoms with van der Waals surface area (Å²) in [6.45, 7) is 0.614. The highest BCUT2D eigenvalue weighted by atomic mass is 16.6. The number of anilines is 3. The van der Waals surface area contributed by atoms with Gasteiger partial charge < -0.3 is 31.5 Å². The number of aliphatic carboxylic acids is 1. The highest BCUT2D eigenvalue weighted by Gasteiger charge is 2.22. The molecular weight excluding hydrogens is 450 g/mol. The van der Waals surface area contributed by atoms with Gasteiger partial charge in [-0.3, -0.25) is 24.2 Å². The molecule has 0 spiro atoms. The predicted molar refractivity (Wildman–Crippen MR) is 120 cm³/mol. The van der Waals surface area contributed by atoms with Crippen LogP contribution in [0.15, 0.2) is 34.1 Å². The summed E-state index contributed by atoms with van der Waals surface area (Å²) in [5.41, 5.74) is 6.69. The monoisotopic (exact) mass is 471 g/mol. The Labute approximate surface area is 191 Å². The number of carbonyl (C=O) groups is 4. The molecule has 1 amide bonds. The molecule has 0 radical (unpaired) electrons. The fraction of sp³-hybridized carbons (Fsp3) is 0.250. The Balaban J connectivity index is 1.57. The van der Waals surface area contributed by atoms with Crippen LogP contribution in [0.3, 0.4) is 0 Å². The Bertz CT molecular complexity index is 1190. The number of hydrogen-bond acceptors (Lipinski definition) is 11. The number of aliphatic imine (C=N–C) groups is 1. The van der Waals surface area contributed by atoms with E-state index in [0.717, 1.165) is 0 Å². The van der Waals surface area contributed by atoms with Crippen molar-refractivity contribution in [3.8, 4) is 0 Å². The van der Waals surface area contributed by atoms with Crippen LogP contribution in [0, 0.1) is 0 Å². The molecule has 1 atom stereocenters. The highest BCUT2D eigenvalue weighted by Crippen LogP contribution is 2.21. The fourth-order valence-corrected chi connectivity index (χ4v) is 3.01. The van der Waals surface area contributed by atoms with Gasteiger partial charge in [-0.2, -0.15) is 4.98 Å². The first kappa shape index (κ1) is 23.9. The van der Waals surface area contributed by atoms with E-state index in [0.29, 0.717) is 30.3 Å². The van der Waals surface area contributed by atoms with Gasteiger partial charge in [0, 0.05) is 17.7 Å². The van der Waals surface area contributed by atoms with Crippen LogP contribution < -0.4 is 27.2 Å². The van der Waals surface area contributed by atoms with Crippen molar-refractivity contribution in [1.29, 1.82) is 0 Å². The van der Waals surface area contributed by atoms with E-state index in [1.54, 1.807) is 12.1 Å². The van der Waals surface area contributed by atoms with Crippen molar-refractivity contribution in [1.82, 2.24) is 15.3 Å². The number of benzene rings is 1. The second-order valence-electron chi connectivity index (χ2n) is 7.10. The Hall–Kier alpha value is -4.75. The van der Waals surface area contributed by atoms with E-state index in [2.05, 4.69) is 35.6 Å². The van der Waals surface area contributed by atoms with Crippen molar-refractivity contribution in [3.63, 3.8) is 0 Å². The van der Waals surface area contributed by atoms with E-state index in [4.69, 9.17) is 5.73 Å². The van der Waals surface area contributed by atoms with Gasteiger partial charge in [-0.25, -0.2) is 9.79 Å². The third-order valence-corrected chi connectivity index (χ3v) is 4.71. The zero-order chi connectivity index (χ0) is 24.7. The number of aromatic amines is 1. The number of carbonyl (C=O) groups excluding carboxylic acids is 3. The van der Waals surface area contributed by atoms with Gasteiger partial charge in [-0.1, -0.05) is 0 Å². The quantitative estimate of drug-likeness (QED) is 0.149. The first-order chi connectivity index (χ1) is 16.3. The average molecular weight is 471 g/mol. The number of nitrogen functional groups attached to an aromatic ring is 1. The molecule has 2 heterocycles. The van der Waals surface area contributed by atoms with Gasteiger partial charge in [0.25, 0.3) is 11.5 Å². The second kappa shape index (κ2) is 10.7. The summed E-state index contributed by atoms with van der Waals surface area (Å²) in [5, 5.41) is 17.7. The lowest BCUT2D eigenvalue weighted by molar-refractivity contribution is -0.151. The summed E-state index contributed by atoms with van der Waals surface area (Å²) >= 11 is 0. The molecule has 2 aromatic rings. The summed E-state index contributed by atoms with van der Waals surface area (Å²) in [4.78, 5) is 67.7. The molecule has 0 bridgehead atoms. The lowest BCUT2D eigenvalue weighted by Crippen LogP contribution is -2.41. The molecule has 7 N–H and O–H groups in total. The maximum absolute atomic E-state index is 12.4. The topological polar surface area (TPSA) is 218 Å². The molecule has 1 aliphatic heterocycles. The van der Waals surface area contributed by atoms with Gasteiger partial charge in [0.2, 0.25) is 5.95 Å². The maximum Gasteiger partial charge on any atom is 0.326 e. The maximum atomic E-state index is 12.4. The molecule has 1 aliphatic rings. The highest BCUT2D eigenvalue weighted by molar-refractivity contribution is 5.98. The van der Waals surface area contributed by atoms with E-state index < -0.39 is 29.4 Å². The molecule has 34 heavy (non-hydrogen) atoms.